The molecule has 0 bridgehead atoms. The fourth-order valence-electron chi connectivity index (χ4n) is 3.10. The Balaban J connectivity index is 1.54. The Morgan fingerprint density at radius 2 is 1.55 bits per heavy atom. The monoisotopic (exact) mass is 406 g/mol. The number of aromatic nitrogens is 3. The van der Waals surface area contributed by atoms with Crippen LogP contribution in [0.2, 0.25) is 5.02 Å². The predicted molar refractivity (Wildman–Crippen MR) is 113 cm³/mol. The summed E-state index contributed by atoms with van der Waals surface area (Å²) in [6.07, 6.45) is 0. The molecule has 146 valence electrons. The van der Waals surface area contributed by atoms with Crippen molar-refractivity contribution in [3.63, 3.8) is 0 Å². The number of rotatable bonds is 7. The van der Waals surface area contributed by atoms with E-state index in [1.54, 1.807) is 16.9 Å². The van der Waals surface area contributed by atoms with Gasteiger partial charge in [0.2, 0.25) is 0 Å². The van der Waals surface area contributed by atoms with Gasteiger partial charge in [0, 0.05) is 23.7 Å². The fourth-order valence-corrected chi connectivity index (χ4v) is 3.31. The summed E-state index contributed by atoms with van der Waals surface area (Å²) >= 11 is 6.24. The van der Waals surface area contributed by atoms with Gasteiger partial charge in [-0.1, -0.05) is 72.3 Å². The molecule has 0 saturated carbocycles. The second-order valence-electron chi connectivity index (χ2n) is 6.71. The maximum atomic E-state index is 13.2. The van der Waals surface area contributed by atoms with Crippen LogP contribution in [0, 0.1) is 5.82 Å². The molecule has 29 heavy (non-hydrogen) atoms. The molecule has 6 heteroatoms. The first kappa shape index (κ1) is 19.3. The van der Waals surface area contributed by atoms with Gasteiger partial charge in [-0.3, -0.25) is 0 Å². The summed E-state index contributed by atoms with van der Waals surface area (Å²) in [6, 6.07) is 24.1. The first-order chi connectivity index (χ1) is 14.2. The van der Waals surface area contributed by atoms with E-state index in [0.29, 0.717) is 19.6 Å². The van der Waals surface area contributed by atoms with Crippen LogP contribution >= 0.6 is 11.6 Å². The molecule has 0 aliphatic heterocycles. The Labute approximate surface area is 174 Å². The lowest BCUT2D eigenvalue weighted by Gasteiger charge is -2.06. The summed E-state index contributed by atoms with van der Waals surface area (Å²) in [7, 11) is 0. The quantitative estimate of drug-likeness (QED) is 0.465. The lowest BCUT2D eigenvalue weighted by Crippen LogP contribution is -2.14. The Morgan fingerprint density at radius 1 is 0.828 bits per heavy atom. The van der Waals surface area contributed by atoms with Crippen molar-refractivity contribution in [1.82, 2.24) is 20.3 Å². The lowest BCUT2D eigenvalue weighted by atomic mass is 10.1. The first-order valence-corrected chi connectivity index (χ1v) is 9.75. The van der Waals surface area contributed by atoms with Crippen LogP contribution < -0.4 is 5.32 Å². The smallest absolute Gasteiger partial charge is 0.123 e. The van der Waals surface area contributed by atoms with Crippen LogP contribution in [0.4, 0.5) is 4.39 Å². The second kappa shape index (κ2) is 8.99. The molecule has 0 saturated heterocycles. The molecule has 0 aliphatic carbocycles. The number of halogens is 2. The summed E-state index contributed by atoms with van der Waals surface area (Å²) in [5.74, 6) is -0.253. The van der Waals surface area contributed by atoms with Crippen LogP contribution in [0.1, 0.15) is 16.8 Å². The molecule has 0 amide bonds. The molecular weight excluding hydrogens is 387 g/mol. The Morgan fingerprint density at radius 3 is 2.31 bits per heavy atom. The van der Waals surface area contributed by atoms with Gasteiger partial charge in [0.25, 0.3) is 0 Å². The van der Waals surface area contributed by atoms with Crippen LogP contribution in [0.5, 0.6) is 0 Å². The highest BCUT2D eigenvalue weighted by molar-refractivity contribution is 6.31. The van der Waals surface area contributed by atoms with Gasteiger partial charge in [0.1, 0.15) is 17.2 Å². The van der Waals surface area contributed by atoms with Crippen LogP contribution in [0.3, 0.4) is 0 Å². The minimum atomic E-state index is -0.253. The van der Waals surface area contributed by atoms with E-state index in [0.717, 1.165) is 33.1 Å². The minimum Gasteiger partial charge on any atom is -0.307 e. The number of nitrogens with zero attached hydrogens (tertiary/aromatic N) is 3. The molecule has 4 rings (SSSR count). The van der Waals surface area contributed by atoms with E-state index in [2.05, 4.69) is 15.5 Å². The summed E-state index contributed by atoms with van der Waals surface area (Å²) in [4.78, 5) is 1.65. The standard InChI is InChI=1S/C23H20ClFN4/c24-21-9-5-4-8-19(21)14-26-15-22-23(18-6-2-1-3-7-18)28-29(27-22)16-17-10-12-20(25)13-11-17/h1-13,26H,14-16H2. The zero-order chi connectivity index (χ0) is 20.1. The van der Waals surface area contributed by atoms with E-state index in [1.807, 2.05) is 54.6 Å². The number of hydrogen-bond acceptors (Lipinski definition) is 3. The summed E-state index contributed by atoms with van der Waals surface area (Å²) in [5, 5.41) is 13.5. The molecule has 1 aromatic heterocycles. The Bertz CT molecular complexity index is 1080. The predicted octanol–water partition coefficient (Wildman–Crippen LogP) is 5.08. The molecule has 0 aliphatic rings. The van der Waals surface area contributed by atoms with Crippen molar-refractivity contribution in [2.75, 3.05) is 0 Å². The summed E-state index contributed by atoms with van der Waals surface area (Å²) < 4.78 is 13.2. The zero-order valence-electron chi connectivity index (χ0n) is 15.7. The van der Waals surface area contributed by atoms with Gasteiger partial charge in [0.05, 0.1) is 6.54 Å². The van der Waals surface area contributed by atoms with E-state index < -0.39 is 0 Å². The molecule has 3 aromatic carbocycles. The van der Waals surface area contributed by atoms with Gasteiger partial charge in [0.15, 0.2) is 0 Å². The lowest BCUT2D eigenvalue weighted by molar-refractivity contribution is 0.574. The highest BCUT2D eigenvalue weighted by atomic mass is 35.5. The molecule has 1 N–H and O–H groups in total. The highest BCUT2D eigenvalue weighted by Gasteiger charge is 2.13. The highest BCUT2D eigenvalue weighted by Crippen LogP contribution is 2.21. The maximum absolute atomic E-state index is 13.2. The molecule has 0 spiro atoms. The van der Waals surface area contributed by atoms with Crippen molar-refractivity contribution < 1.29 is 4.39 Å². The second-order valence-corrected chi connectivity index (χ2v) is 7.12. The average Bonchev–Trinajstić information content (AvgIpc) is 3.14. The fraction of sp³-hybridized carbons (Fsp3) is 0.130. The maximum Gasteiger partial charge on any atom is 0.123 e. The van der Waals surface area contributed by atoms with E-state index in [-0.39, 0.29) is 5.82 Å². The minimum absolute atomic E-state index is 0.253. The molecule has 4 aromatic rings. The van der Waals surface area contributed by atoms with E-state index in [4.69, 9.17) is 11.6 Å². The molecule has 0 fully saturated rings. The summed E-state index contributed by atoms with van der Waals surface area (Å²) in [5.41, 5.74) is 4.67. The van der Waals surface area contributed by atoms with Crippen LogP contribution in [-0.4, -0.2) is 15.0 Å². The molecule has 0 atom stereocenters. The van der Waals surface area contributed by atoms with Gasteiger partial charge in [-0.25, -0.2) is 4.39 Å². The summed E-state index contributed by atoms with van der Waals surface area (Å²) in [6.45, 7) is 1.67. The third kappa shape index (κ3) is 4.88. The van der Waals surface area contributed by atoms with Crippen molar-refractivity contribution in [1.29, 1.82) is 0 Å². The van der Waals surface area contributed by atoms with Gasteiger partial charge in [-0.15, -0.1) is 0 Å². The van der Waals surface area contributed by atoms with Crippen molar-refractivity contribution in [3.05, 3.63) is 107 Å². The zero-order valence-corrected chi connectivity index (χ0v) is 16.5. The molecular formula is C23H20ClFN4. The van der Waals surface area contributed by atoms with Crippen molar-refractivity contribution in [2.45, 2.75) is 19.6 Å². The van der Waals surface area contributed by atoms with Gasteiger partial charge in [-0.2, -0.15) is 15.0 Å². The van der Waals surface area contributed by atoms with Crippen LogP contribution in [0.25, 0.3) is 11.3 Å². The van der Waals surface area contributed by atoms with Crippen LogP contribution in [0.15, 0.2) is 78.9 Å². The third-order valence-corrected chi connectivity index (χ3v) is 4.94. The molecule has 0 unspecified atom stereocenters. The van der Waals surface area contributed by atoms with Gasteiger partial charge in [-0.05, 0) is 29.3 Å². The largest absolute Gasteiger partial charge is 0.307 e. The Hall–Kier alpha value is -3.02. The van der Waals surface area contributed by atoms with Gasteiger partial charge < -0.3 is 5.32 Å². The van der Waals surface area contributed by atoms with Crippen molar-refractivity contribution in [2.24, 2.45) is 0 Å². The number of benzene rings is 3. The number of nitrogens with one attached hydrogen (secondary N) is 1. The Kier molecular flexibility index (Phi) is 5.98. The van der Waals surface area contributed by atoms with E-state index in [9.17, 15) is 4.39 Å². The average molecular weight is 407 g/mol. The molecule has 4 nitrogen and oxygen atoms in total. The van der Waals surface area contributed by atoms with Gasteiger partial charge >= 0.3 is 0 Å². The van der Waals surface area contributed by atoms with E-state index in [1.165, 1.54) is 12.1 Å². The van der Waals surface area contributed by atoms with Crippen LogP contribution in [-0.2, 0) is 19.6 Å². The first-order valence-electron chi connectivity index (χ1n) is 9.37. The van der Waals surface area contributed by atoms with E-state index >= 15 is 0 Å². The number of hydrogen-bond donors (Lipinski definition) is 1. The topological polar surface area (TPSA) is 42.7 Å². The van der Waals surface area contributed by atoms with Crippen molar-refractivity contribution in [3.8, 4) is 11.3 Å². The normalized spacial score (nSPS) is 11.0. The third-order valence-electron chi connectivity index (χ3n) is 4.58. The molecule has 0 radical (unpaired) electrons. The SMILES string of the molecule is Fc1ccc(Cn2nc(CNCc3ccccc3Cl)c(-c3ccccc3)n2)cc1. The van der Waals surface area contributed by atoms with Crippen molar-refractivity contribution >= 4 is 11.6 Å². The molecule has 1 heterocycles.